The number of hydrogen-bond acceptors (Lipinski definition) is 5. The van der Waals surface area contributed by atoms with Gasteiger partial charge in [0.1, 0.15) is 5.75 Å². The molecule has 2 aromatic rings. The number of halogens is 3. The van der Waals surface area contributed by atoms with Crippen LogP contribution in [0.4, 0.5) is 13.2 Å². The number of hydrogen-bond donors (Lipinski definition) is 1. The van der Waals surface area contributed by atoms with Gasteiger partial charge in [-0.3, -0.25) is 0 Å². The summed E-state index contributed by atoms with van der Waals surface area (Å²) in [6.45, 7) is 1.75. The molecular weight excluding hydrogens is 373 g/mol. The van der Waals surface area contributed by atoms with Gasteiger partial charge in [0, 0.05) is 11.1 Å². The van der Waals surface area contributed by atoms with Crippen LogP contribution in [0.3, 0.4) is 0 Å². The highest BCUT2D eigenvalue weighted by Gasteiger charge is 2.35. The van der Waals surface area contributed by atoms with E-state index >= 15 is 0 Å². The van der Waals surface area contributed by atoms with E-state index in [-0.39, 0.29) is 23.8 Å². The summed E-state index contributed by atoms with van der Waals surface area (Å²) in [6.07, 6.45) is -0.0477. The Kier molecular flexibility index (Phi) is 4.74. The first-order valence-electron chi connectivity index (χ1n) is 9.17. The van der Waals surface area contributed by atoms with Crippen molar-refractivity contribution in [2.24, 2.45) is 0 Å². The summed E-state index contributed by atoms with van der Waals surface area (Å²) < 4.78 is 50.4. The predicted molar refractivity (Wildman–Crippen MR) is 95.4 cm³/mol. The van der Waals surface area contributed by atoms with Gasteiger partial charge >= 0.3 is 6.18 Å². The molecule has 0 radical (unpaired) electrons. The molecule has 148 valence electrons. The van der Waals surface area contributed by atoms with E-state index in [1.807, 2.05) is 6.08 Å². The maximum absolute atomic E-state index is 13.4. The summed E-state index contributed by atoms with van der Waals surface area (Å²) in [6, 6.07) is 3.69. The average molecular weight is 392 g/mol. The van der Waals surface area contributed by atoms with Gasteiger partial charge in [0.25, 0.3) is 5.89 Å². The highest BCUT2D eigenvalue weighted by Crippen LogP contribution is 2.42. The van der Waals surface area contributed by atoms with Gasteiger partial charge in [0.15, 0.2) is 0 Å². The average Bonchev–Trinajstić information content (AvgIpc) is 3.29. The molecule has 0 saturated carbocycles. The fourth-order valence-electron chi connectivity index (χ4n) is 3.78. The van der Waals surface area contributed by atoms with Crippen LogP contribution in [0.2, 0.25) is 0 Å². The van der Waals surface area contributed by atoms with Crippen molar-refractivity contribution in [1.82, 2.24) is 10.1 Å². The first kappa shape index (κ1) is 18.7. The maximum atomic E-state index is 13.4. The molecule has 0 saturated heterocycles. The maximum Gasteiger partial charge on any atom is 0.419 e. The SMILES string of the molecule is CCOc1ccc(-c2nc(C3=CCCC4=C3CCC4O)no2)cc1C(F)(F)F. The summed E-state index contributed by atoms with van der Waals surface area (Å²) in [7, 11) is 0. The Morgan fingerprint density at radius 3 is 2.86 bits per heavy atom. The zero-order valence-corrected chi connectivity index (χ0v) is 15.2. The summed E-state index contributed by atoms with van der Waals surface area (Å²) >= 11 is 0. The quantitative estimate of drug-likeness (QED) is 0.811. The van der Waals surface area contributed by atoms with Gasteiger partial charge in [0.2, 0.25) is 5.82 Å². The topological polar surface area (TPSA) is 68.4 Å². The molecule has 2 aliphatic carbocycles. The van der Waals surface area contributed by atoms with Crippen molar-refractivity contribution in [1.29, 1.82) is 0 Å². The van der Waals surface area contributed by atoms with Gasteiger partial charge in [-0.25, -0.2) is 0 Å². The highest BCUT2D eigenvalue weighted by molar-refractivity contribution is 5.79. The number of ether oxygens (including phenoxy) is 1. The predicted octanol–water partition coefficient (Wildman–Crippen LogP) is 4.78. The van der Waals surface area contributed by atoms with E-state index in [1.54, 1.807) is 6.92 Å². The van der Waals surface area contributed by atoms with Crippen LogP contribution in [-0.2, 0) is 6.18 Å². The van der Waals surface area contributed by atoms with Gasteiger partial charge in [-0.05, 0) is 62.0 Å². The molecule has 0 bridgehead atoms. The number of aliphatic hydroxyl groups is 1. The lowest BCUT2D eigenvalue weighted by molar-refractivity contribution is -0.138. The molecule has 0 amide bonds. The molecule has 1 aromatic carbocycles. The molecule has 4 rings (SSSR count). The van der Waals surface area contributed by atoms with Crippen molar-refractivity contribution < 1.29 is 27.5 Å². The molecule has 1 atom stereocenters. The lowest BCUT2D eigenvalue weighted by Crippen LogP contribution is -2.09. The Morgan fingerprint density at radius 2 is 2.11 bits per heavy atom. The first-order valence-corrected chi connectivity index (χ1v) is 9.17. The lowest BCUT2D eigenvalue weighted by Gasteiger charge is -2.15. The molecule has 2 aliphatic rings. The molecule has 28 heavy (non-hydrogen) atoms. The molecule has 0 spiro atoms. The summed E-state index contributed by atoms with van der Waals surface area (Å²) in [5.74, 6) is 0.109. The van der Waals surface area contributed by atoms with Crippen LogP contribution in [0.1, 0.15) is 44.0 Å². The highest BCUT2D eigenvalue weighted by atomic mass is 19.4. The van der Waals surface area contributed by atoms with Crippen molar-refractivity contribution in [2.45, 2.75) is 44.9 Å². The minimum atomic E-state index is -4.56. The molecule has 8 heteroatoms. The smallest absolute Gasteiger partial charge is 0.419 e. The van der Waals surface area contributed by atoms with E-state index < -0.39 is 17.8 Å². The molecule has 1 unspecified atom stereocenters. The second-order valence-corrected chi connectivity index (χ2v) is 6.78. The normalized spacial score (nSPS) is 19.6. The lowest BCUT2D eigenvalue weighted by atomic mass is 9.92. The Hall–Kier alpha value is -2.61. The third-order valence-corrected chi connectivity index (χ3v) is 5.04. The molecular formula is C20H19F3N2O3. The largest absolute Gasteiger partial charge is 0.493 e. The Morgan fingerprint density at radius 1 is 1.29 bits per heavy atom. The monoisotopic (exact) mass is 392 g/mol. The summed E-state index contributed by atoms with van der Waals surface area (Å²) in [4.78, 5) is 4.32. The number of allylic oxidation sites excluding steroid dienone is 3. The van der Waals surface area contributed by atoms with Crippen LogP contribution in [0.25, 0.3) is 17.0 Å². The van der Waals surface area contributed by atoms with E-state index in [4.69, 9.17) is 9.26 Å². The second kappa shape index (κ2) is 7.09. The number of aliphatic hydroxyl groups excluding tert-OH is 1. The second-order valence-electron chi connectivity index (χ2n) is 6.78. The van der Waals surface area contributed by atoms with Crippen molar-refractivity contribution in [3.63, 3.8) is 0 Å². The fourth-order valence-corrected chi connectivity index (χ4v) is 3.78. The number of rotatable bonds is 4. The van der Waals surface area contributed by atoms with Crippen LogP contribution in [0.5, 0.6) is 5.75 Å². The Labute approximate surface area is 159 Å². The van der Waals surface area contributed by atoms with E-state index in [9.17, 15) is 18.3 Å². The van der Waals surface area contributed by atoms with Crippen LogP contribution in [-0.4, -0.2) is 28.0 Å². The van der Waals surface area contributed by atoms with Crippen LogP contribution >= 0.6 is 0 Å². The molecule has 0 aliphatic heterocycles. The number of benzene rings is 1. The molecule has 5 nitrogen and oxygen atoms in total. The third-order valence-electron chi connectivity index (χ3n) is 5.04. The minimum Gasteiger partial charge on any atom is -0.493 e. The Balaban J connectivity index is 1.69. The molecule has 1 N–H and O–H groups in total. The third kappa shape index (κ3) is 3.32. The van der Waals surface area contributed by atoms with Crippen molar-refractivity contribution in [2.75, 3.05) is 6.61 Å². The van der Waals surface area contributed by atoms with Crippen LogP contribution < -0.4 is 4.74 Å². The number of nitrogens with zero attached hydrogens (tertiary/aromatic N) is 2. The standard InChI is InChI=1S/C20H19F3N2O3/c1-2-27-17-9-6-11(10-15(17)20(21,22)23)19-24-18(25-28-19)14-5-3-4-13-12(14)7-8-16(13)26/h5-6,9-10,16,26H,2-4,7-8H2,1H3. The van der Waals surface area contributed by atoms with Gasteiger partial charge < -0.3 is 14.4 Å². The van der Waals surface area contributed by atoms with Crippen molar-refractivity contribution >= 4 is 5.57 Å². The number of aromatic nitrogens is 2. The minimum absolute atomic E-state index is 0.00992. The van der Waals surface area contributed by atoms with Gasteiger partial charge in [-0.15, -0.1) is 0 Å². The van der Waals surface area contributed by atoms with Crippen molar-refractivity contribution in [3.05, 3.63) is 46.8 Å². The Bertz CT molecular complexity index is 960. The summed E-state index contributed by atoms with van der Waals surface area (Å²) in [5, 5.41) is 14.1. The van der Waals surface area contributed by atoms with Gasteiger partial charge in [-0.1, -0.05) is 11.2 Å². The van der Waals surface area contributed by atoms with Crippen LogP contribution in [0, 0.1) is 0 Å². The molecule has 0 fully saturated rings. The fraction of sp³-hybridized carbons (Fsp3) is 0.400. The van der Waals surface area contributed by atoms with Gasteiger partial charge in [0.05, 0.1) is 18.3 Å². The summed E-state index contributed by atoms with van der Waals surface area (Å²) in [5.41, 5.74) is 2.12. The van der Waals surface area contributed by atoms with Gasteiger partial charge in [-0.2, -0.15) is 18.2 Å². The van der Waals surface area contributed by atoms with E-state index in [2.05, 4.69) is 10.1 Å². The molecule has 1 heterocycles. The van der Waals surface area contributed by atoms with E-state index in [0.29, 0.717) is 12.2 Å². The van der Waals surface area contributed by atoms with Crippen molar-refractivity contribution in [3.8, 4) is 17.2 Å². The zero-order chi connectivity index (χ0) is 19.9. The van der Waals surface area contributed by atoms with E-state index in [0.717, 1.165) is 42.0 Å². The first-order chi connectivity index (χ1) is 13.4. The van der Waals surface area contributed by atoms with E-state index in [1.165, 1.54) is 12.1 Å². The zero-order valence-electron chi connectivity index (χ0n) is 15.2. The number of alkyl halides is 3. The molecule has 1 aromatic heterocycles. The van der Waals surface area contributed by atoms with Crippen LogP contribution in [0.15, 0.2) is 39.9 Å².